The summed E-state index contributed by atoms with van der Waals surface area (Å²) in [4.78, 5) is 14.5. The molecule has 3 rings (SSSR count). The second kappa shape index (κ2) is 7.58. The topological polar surface area (TPSA) is 88.6 Å². The van der Waals surface area contributed by atoms with Crippen LogP contribution in [0, 0.1) is 11.3 Å². The van der Waals surface area contributed by atoms with Crippen LogP contribution in [0.4, 0.5) is 0 Å². The normalized spacial score (nSPS) is 19.5. The molecular weight excluding hydrogens is 342 g/mol. The zero-order chi connectivity index (χ0) is 19.6. The number of Topliss-reactive ketones (excluding diaryl/α,β-unsaturated/α-hetero) is 1. The molecule has 2 aliphatic rings. The van der Waals surface area contributed by atoms with E-state index in [2.05, 4.69) is 12.6 Å². The Bertz CT molecular complexity index is 892. The van der Waals surface area contributed by atoms with Crippen LogP contribution in [-0.2, 0) is 4.79 Å². The molecule has 0 aromatic heterocycles. The smallest absolute Gasteiger partial charge is 0.161 e. The third-order valence-electron chi connectivity index (χ3n) is 5.05. The van der Waals surface area contributed by atoms with E-state index in [0.29, 0.717) is 41.5 Å². The number of carbonyl (C=O) groups is 1. The minimum Gasteiger partial charge on any atom is -0.493 e. The molecular formula is C21H23N3O3. The molecule has 0 bridgehead atoms. The van der Waals surface area contributed by atoms with E-state index in [1.54, 1.807) is 24.2 Å². The molecule has 0 saturated heterocycles. The van der Waals surface area contributed by atoms with E-state index in [4.69, 9.17) is 15.2 Å². The monoisotopic (exact) mass is 365 g/mol. The van der Waals surface area contributed by atoms with Gasteiger partial charge in [-0.05, 0) is 30.5 Å². The average Bonchev–Trinajstić information content (AvgIpc) is 2.69. The number of nitriles is 1. The molecule has 0 fully saturated rings. The number of hydrogen-bond donors (Lipinski definition) is 1. The number of allylic oxidation sites excluding steroid dienone is 3. The van der Waals surface area contributed by atoms with Crippen LogP contribution in [0.1, 0.15) is 30.7 Å². The summed E-state index contributed by atoms with van der Waals surface area (Å²) in [6.45, 7) is 4.00. The summed E-state index contributed by atoms with van der Waals surface area (Å²) in [5.41, 5.74) is 8.98. The molecule has 0 unspecified atom stereocenters. The van der Waals surface area contributed by atoms with Crippen molar-refractivity contribution in [1.82, 2.24) is 4.90 Å². The summed E-state index contributed by atoms with van der Waals surface area (Å²) in [6, 6.07) is 7.67. The van der Waals surface area contributed by atoms with Gasteiger partial charge < -0.3 is 20.1 Å². The van der Waals surface area contributed by atoms with Gasteiger partial charge in [-0.25, -0.2) is 0 Å². The van der Waals surface area contributed by atoms with Crippen LogP contribution in [0.3, 0.4) is 0 Å². The lowest BCUT2D eigenvalue weighted by atomic mass is 9.76. The van der Waals surface area contributed by atoms with E-state index in [1.165, 1.54) is 0 Å². The van der Waals surface area contributed by atoms with Crippen molar-refractivity contribution in [3.05, 3.63) is 59.1 Å². The molecule has 0 amide bonds. The van der Waals surface area contributed by atoms with Crippen LogP contribution in [0.15, 0.2) is 53.5 Å². The quantitative estimate of drug-likeness (QED) is 0.807. The lowest BCUT2D eigenvalue weighted by molar-refractivity contribution is -0.116. The van der Waals surface area contributed by atoms with Gasteiger partial charge in [0, 0.05) is 24.7 Å². The van der Waals surface area contributed by atoms with Gasteiger partial charge in [-0.3, -0.25) is 4.79 Å². The predicted octanol–water partition coefficient (Wildman–Crippen LogP) is 2.99. The molecule has 1 aromatic rings. The van der Waals surface area contributed by atoms with E-state index in [1.807, 2.05) is 19.2 Å². The molecule has 0 saturated carbocycles. The van der Waals surface area contributed by atoms with Gasteiger partial charge in [0.15, 0.2) is 17.3 Å². The van der Waals surface area contributed by atoms with Crippen molar-refractivity contribution in [3.63, 3.8) is 0 Å². The summed E-state index contributed by atoms with van der Waals surface area (Å²) in [6.07, 6.45) is 3.70. The van der Waals surface area contributed by atoms with Crippen LogP contribution in [0.5, 0.6) is 11.5 Å². The highest BCUT2D eigenvalue weighted by atomic mass is 16.5. The molecule has 0 radical (unpaired) electrons. The fraction of sp³-hybridized carbons (Fsp3) is 0.333. The van der Waals surface area contributed by atoms with Crippen LogP contribution < -0.4 is 15.2 Å². The number of nitrogens with zero attached hydrogens (tertiary/aromatic N) is 2. The zero-order valence-corrected chi connectivity index (χ0v) is 15.6. The van der Waals surface area contributed by atoms with Crippen LogP contribution in [-0.4, -0.2) is 31.4 Å². The van der Waals surface area contributed by atoms with Crippen molar-refractivity contribution in [3.8, 4) is 17.6 Å². The molecule has 6 heteroatoms. The Balaban J connectivity index is 2.14. The first kappa shape index (κ1) is 18.6. The fourth-order valence-electron chi connectivity index (χ4n) is 3.73. The molecule has 27 heavy (non-hydrogen) atoms. The van der Waals surface area contributed by atoms with Crippen molar-refractivity contribution in [2.45, 2.75) is 25.2 Å². The van der Waals surface area contributed by atoms with Gasteiger partial charge in [-0.1, -0.05) is 18.7 Å². The largest absolute Gasteiger partial charge is 0.493 e. The molecule has 1 aliphatic heterocycles. The molecule has 6 nitrogen and oxygen atoms in total. The van der Waals surface area contributed by atoms with E-state index in [0.717, 1.165) is 24.1 Å². The summed E-state index contributed by atoms with van der Waals surface area (Å²) < 4.78 is 11.1. The number of hydrogen-bond acceptors (Lipinski definition) is 6. The van der Waals surface area contributed by atoms with Gasteiger partial charge >= 0.3 is 0 Å². The number of benzene rings is 1. The maximum absolute atomic E-state index is 12.8. The third-order valence-corrected chi connectivity index (χ3v) is 5.05. The minimum atomic E-state index is -0.489. The van der Waals surface area contributed by atoms with E-state index in [-0.39, 0.29) is 5.78 Å². The van der Waals surface area contributed by atoms with Crippen molar-refractivity contribution < 1.29 is 14.3 Å². The molecule has 1 heterocycles. The van der Waals surface area contributed by atoms with E-state index in [9.17, 15) is 10.1 Å². The first-order valence-electron chi connectivity index (χ1n) is 8.84. The molecule has 1 aliphatic carbocycles. The lowest BCUT2D eigenvalue weighted by Gasteiger charge is -2.37. The number of methoxy groups -OCH3 is 1. The highest BCUT2D eigenvalue weighted by Crippen LogP contribution is 2.45. The summed E-state index contributed by atoms with van der Waals surface area (Å²) in [7, 11) is 3.37. The average molecular weight is 365 g/mol. The Morgan fingerprint density at radius 2 is 2.19 bits per heavy atom. The number of rotatable bonds is 5. The SMILES string of the molecule is C=CCOc1ccc([C@@H]2C(C#N)=C(N)N(C)C3=C2C(=O)CCC3)cc1OC. The highest BCUT2D eigenvalue weighted by molar-refractivity contribution is 5.99. The Morgan fingerprint density at radius 3 is 2.85 bits per heavy atom. The first-order valence-corrected chi connectivity index (χ1v) is 8.84. The Labute approximate surface area is 159 Å². The van der Waals surface area contributed by atoms with E-state index >= 15 is 0 Å². The van der Waals surface area contributed by atoms with E-state index < -0.39 is 5.92 Å². The molecule has 0 spiro atoms. The molecule has 1 aromatic carbocycles. The van der Waals surface area contributed by atoms with Crippen LogP contribution >= 0.6 is 0 Å². The number of carbonyl (C=O) groups excluding carboxylic acids is 1. The Kier molecular flexibility index (Phi) is 5.22. The molecule has 2 N–H and O–H groups in total. The summed E-state index contributed by atoms with van der Waals surface area (Å²) >= 11 is 0. The fourth-order valence-corrected chi connectivity index (χ4v) is 3.73. The number of nitrogens with two attached hydrogens (primary N) is 1. The number of ketones is 1. The maximum Gasteiger partial charge on any atom is 0.161 e. The van der Waals surface area contributed by atoms with Gasteiger partial charge in [0.05, 0.1) is 24.7 Å². The van der Waals surface area contributed by atoms with Gasteiger partial charge in [0.1, 0.15) is 12.4 Å². The minimum absolute atomic E-state index is 0.0688. The predicted molar refractivity (Wildman–Crippen MR) is 102 cm³/mol. The number of ether oxygens (including phenoxy) is 2. The maximum atomic E-state index is 12.8. The standard InChI is InChI=1S/C21H23N3O3/c1-4-10-27-17-9-8-13(11-18(17)26-3)19-14(12-22)21(23)24(2)15-6-5-7-16(25)20(15)19/h4,8-9,11,19H,1,5-7,10,23H2,2-3H3/t19-/m1/s1. The Hall–Kier alpha value is -3.20. The zero-order valence-electron chi connectivity index (χ0n) is 15.6. The summed E-state index contributed by atoms with van der Waals surface area (Å²) in [5, 5.41) is 9.77. The summed E-state index contributed by atoms with van der Waals surface area (Å²) in [5.74, 6) is 1.08. The van der Waals surface area contributed by atoms with Crippen molar-refractivity contribution in [2.24, 2.45) is 5.73 Å². The second-order valence-electron chi connectivity index (χ2n) is 6.55. The van der Waals surface area contributed by atoms with Gasteiger partial charge in [0.2, 0.25) is 0 Å². The highest BCUT2D eigenvalue weighted by Gasteiger charge is 2.38. The van der Waals surface area contributed by atoms with Crippen LogP contribution in [0.25, 0.3) is 0 Å². The van der Waals surface area contributed by atoms with Crippen molar-refractivity contribution >= 4 is 5.78 Å². The lowest BCUT2D eigenvalue weighted by Crippen LogP contribution is -2.36. The van der Waals surface area contributed by atoms with Gasteiger partial charge in [0.25, 0.3) is 0 Å². The third kappa shape index (κ3) is 3.17. The molecule has 140 valence electrons. The van der Waals surface area contributed by atoms with Crippen molar-refractivity contribution in [2.75, 3.05) is 20.8 Å². The molecule has 1 atom stereocenters. The van der Waals surface area contributed by atoms with Crippen molar-refractivity contribution in [1.29, 1.82) is 5.26 Å². The van der Waals surface area contributed by atoms with Gasteiger partial charge in [-0.15, -0.1) is 0 Å². The second-order valence-corrected chi connectivity index (χ2v) is 6.55. The van der Waals surface area contributed by atoms with Crippen LogP contribution in [0.2, 0.25) is 0 Å². The van der Waals surface area contributed by atoms with Gasteiger partial charge in [-0.2, -0.15) is 5.26 Å². The first-order chi connectivity index (χ1) is 13.0. The Morgan fingerprint density at radius 1 is 1.41 bits per heavy atom.